The summed E-state index contributed by atoms with van der Waals surface area (Å²) in [6, 6.07) is 0. The van der Waals surface area contributed by atoms with Gasteiger partial charge in [0.25, 0.3) is 5.88 Å². The van der Waals surface area contributed by atoms with Gasteiger partial charge in [0.15, 0.2) is 0 Å². The Labute approximate surface area is 106 Å². The van der Waals surface area contributed by atoms with Gasteiger partial charge in [-0.15, -0.1) is 0 Å². The van der Waals surface area contributed by atoms with Crippen molar-refractivity contribution in [2.45, 2.75) is 19.5 Å². The maximum atomic E-state index is 12.0. The molecule has 0 fully saturated rings. The predicted octanol–water partition coefficient (Wildman–Crippen LogP) is 2.15. The number of halogens is 3. The Kier molecular flexibility index (Phi) is 4.84. The molecule has 1 aromatic heterocycles. The average Bonchev–Trinajstić information content (AvgIpc) is 2.27. The average molecular weight is 280 g/mol. The normalized spacial score (nSPS) is 11.2. The Balaban J connectivity index is 2.87. The smallest absolute Gasteiger partial charge is 0.392 e. The minimum atomic E-state index is -4.40. The van der Waals surface area contributed by atoms with Crippen LogP contribution in [0.3, 0.4) is 0 Å². The summed E-state index contributed by atoms with van der Waals surface area (Å²) in [6.07, 6.45) is -4.63. The van der Waals surface area contributed by atoms with Gasteiger partial charge in [-0.1, -0.05) is 0 Å². The van der Waals surface area contributed by atoms with E-state index in [1.807, 2.05) is 0 Å². The van der Waals surface area contributed by atoms with Gasteiger partial charge in [0, 0.05) is 6.54 Å². The summed E-state index contributed by atoms with van der Waals surface area (Å²) < 4.78 is 40.6. The van der Waals surface area contributed by atoms with E-state index < -0.39 is 35.7 Å². The number of alkyl halides is 3. The largest absolute Gasteiger partial charge is 0.472 e. The molecule has 1 heterocycles. The van der Waals surface area contributed by atoms with E-state index >= 15 is 0 Å². The Bertz CT molecular complexity index is 453. The fourth-order valence-corrected chi connectivity index (χ4v) is 1.19. The van der Waals surface area contributed by atoms with E-state index in [-0.39, 0.29) is 5.82 Å². The first-order chi connectivity index (χ1) is 8.85. The van der Waals surface area contributed by atoms with Crippen molar-refractivity contribution in [2.24, 2.45) is 0 Å². The summed E-state index contributed by atoms with van der Waals surface area (Å²) in [7, 11) is 0. The standard InChI is InChI=1S/C9H11F3N4O3/c1-2-13-7-6(16(17)18)8(15-5-14-7)19-4-3-9(10,11)12/h5H,2-4H2,1H3,(H,13,14,15). The molecule has 0 aliphatic rings. The first-order valence-electron chi connectivity index (χ1n) is 5.28. The lowest BCUT2D eigenvalue weighted by Crippen LogP contribution is -2.14. The molecule has 10 heteroatoms. The fraction of sp³-hybridized carbons (Fsp3) is 0.556. The maximum absolute atomic E-state index is 12.0. The van der Waals surface area contributed by atoms with Crippen molar-refractivity contribution >= 4 is 11.5 Å². The van der Waals surface area contributed by atoms with Crippen molar-refractivity contribution in [3.8, 4) is 5.88 Å². The van der Waals surface area contributed by atoms with Gasteiger partial charge in [-0.25, -0.2) is 4.98 Å². The SMILES string of the molecule is CCNc1ncnc(OCCC(F)(F)F)c1[N+](=O)[O-]. The van der Waals surface area contributed by atoms with E-state index in [4.69, 9.17) is 4.74 Å². The molecule has 0 saturated heterocycles. The molecule has 7 nitrogen and oxygen atoms in total. The Morgan fingerprint density at radius 1 is 1.47 bits per heavy atom. The second-order valence-electron chi connectivity index (χ2n) is 3.38. The molecular weight excluding hydrogens is 269 g/mol. The van der Waals surface area contributed by atoms with E-state index in [1.165, 1.54) is 0 Å². The zero-order valence-corrected chi connectivity index (χ0v) is 9.90. The lowest BCUT2D eigenvalue weighted by Gasteiger charge is -2.09. The molecule has 1 aromatic rings. The van der Waals surface area contributed by atoms with Crippen LogP contribution >= 0.6 is 0 Å². The molecule has 0 bridgehead atoms. The molecule has 0 unspecified atom stereocenters. The van der Waals surface area contributed by atoms with Gasteiger partial charge in [0.2, 0.25) is 5.82 Å². The summed E-state index contributed by atoms with van der Waals surface area (Å²) in [5.41, 5.74) is -0.577. The van der Waals surface area contributed by atoms with Crippen LogP contribution in [-0.2, 0) is 0 Å². The molecule has 0 atom stereocenters. The summed E-state index contributed by atoms with van der Waals surface area (Å²) in [6.45, 7) is 1.31. The number of nitro groups is 1. The van der Waals surface area contributed by atoms with Gasteiger partial charge in [0.1, 0.15) is 6.33 Å². The number of hydrogen-bond acceptors (Lipinski definition) is 6. The second-order valence-corrected chi connectivity index (χ2v) is 3.38. The zero-order valence-electron chi connectivity index (χ0n) is 9.90. The van der Waals surface area contributed by atoms with Crippen molar-refractivity contribution in [3.05, 3.63) is 16.4 Å². The van der Waals surface area contributed by atoms with Crippen LogP contribution in [0.4, 0.5) is 24.7 Å². The van der Waals surface area contributed by atoms with E-state index in [1.54, 1.807) is 6.92 Å². The predicted molar refractivity (Wildman–Crippen MR) is 59.0 cm³/mol. The third-order valence-electron chi connectivity index (χ3n) is 1.94. The number of hydrogen-bond donors (Lipinski definition) is 1. The monoisotopic (exact) mass is 280 g/mol. The highest BCUT2D eigenvalue weighted by atomic mass is 19.4. The topological polar surface area (TPSA) is 90.2 Å². The fourth-order valence-electron chi connectivity index (χ4n) is 1.19. The summed E-state index contributed by atoms with van der Waals surface area (Å²) in [5, 5.41) is 13.5. The lowest BCUT2D eigenvalue weighted by atomic mass is 10.4. The van der Waals surface area contributed by atoms with Crippen LogP contribution in [0.15, 0.2) is 6.33 Å². The first kappa shape index (κ1) is 14.9. The highest BCUT2D eigenvalue weighted by Crippen LogP contribution is 2.31. The minimum Gasteiger partial charge on any atom is -0.472 e. The van der Waals surface area contributed by atoms with E-state index in [0.717, 1.165) is 6.33 Å². The maximum Gasteiger partial charge on any atom is 0.392 e. The summed E-state index contributed by atoms with van der Waals surface area (Å²) in [5.74, 6) is -0.579. The molecule has 0 radical (unpaired) electrons. The van der Waals surface area contributed by atoms with Crippen LogP contribution < -0.4 is 10.1 Å². The molecule has 0 amide bonds. The van der Waals surface area contributed by atoms with Gasteiger partial charge in [0.05, 0.1) is 18.0 Å². The van der Waals surface area contributed by atoms with Crippen molar-refractivity contribution in [1.82, 2.24) is 9.97 Å². The summed E-state index contributed by atoms with van der Waals surface area (Å²) >= 11 is 0. The van der Waals surface area contributed by atoms with Crippen molar-refractivity contribution in [1.29, 1.82) is 0 Å². The number of rotatable bonds is 6. The number of aromatic nitrogens is 2. The molecule has 0 saturated carbocycles. The van der Waals surface area contributed by atoms with Crippen LogP contribution in [0.25, 0.3) is 0 Å². The molecule has 1 rings (SSSR count). The number of nitrogens with zero attached hydrogens (tertiary/aromatic N) is 3. The van der Waals surface area contributed by atoms with Crippen LogP contribution in [-0.4, -0.2) is 34.2 Å². The van der Waals surface area contributed by atoms with Crippen molar-refractivity contribution in [2.75, 3.05) is 18.5 Å². The molecule has 0 aromatic carbocycles. The quantitative estimate of drug-likeness (QED) is 0.634. The van der Waals surface area contributed by atoms with Gasteiger partial charge >= 0.3 is 11.9 Å². The third-order valence-corrected chi connectivity index (χ3v) is 1.94. The minimum absolute atomic E-state index is 0.0930. The van der Waals surface area contributed by atoms with E-state index in [2.05, 4.69) is 15.3 Å². The zero-order chi connectivity index (χ0) is 14.5. The molecule has 1 N–H and O–H groups in total. The molecule has 0 spiro atoms. The van der Waals surface area contributed by atoms with Crippen LogP contribution in [0, 0.1) is 10.1 Å². The molecule has 0 aliphatic carbocycles. The first-order valence-corrected chi connectivity index (χ1v) is 5.28. The van der Waals surface area contributed by atoms with Gasteiger partial charge < -0.3 is 10.1 Å². The van der Waals surface area contributed by atoms with Crippen molar-refractivity contribution in [3.63, 3.8) is 0 Å². The highest BCUT2D eigenvalue weighted by Gasteiger charge is 2.29. The van der Waals surface area contributed by atoms with Gasteiger partial charge in [-0.05, 0) is 6.92 Å². The Morgan fingerprint density at radius 3 is 2.68 bits per heavy atom. The van der Waals surface area contributed by atoms with E-state index in [0.29, 0.717) is 6.54 Å². The third kappa shape index (κ3) is 4.56. The summed E-state index contributed by atoms with van der Waals surface area (Å²) in [4.78, 5) is 17.2. The Hall–Kier alpha value is -2.13. The number of anilines is 1. The van der Waals surface area contributed by atoms with Crippen LogP contribution in [0.1, 0.15) is 13.3 Å². The lowest BCUT2D eigenvalue weighted by molar-refractivity contribution is -0.385. The molecule has 0 aliphatic heterocycles. The second kappa shape index (κ2) is 6.16. The van der Waals surface area contributed by atoms with Gasteiger partial charge in [-0.2, -0.15) is 18.2 Å². The number of ether oxygens (including phenoxy) is 1. The Morgan fingerprint density at radius 2 is 2.16 bits per heavy atom. The van der Waals surface area contributed by atoms with Crippen LogP contribution in [0.5, 0.6) is 5.88 Å². The molecule has 19 heavy (non-hydrogen) atoms. The van der Waals surface area contributed by atoms with Crippen molar-refractivity contribution < 1.29 is 22.8 Å². The van der Waals surface area contributed by atoms with Crippen LogP contribution in [0.2, 0.25) is 0 Å². The molecular formula is C9H11F3N4O3. The number of nitrogens with one attached hydrogen (secondary N) is 1. The highest BCUT2D eigenvalue weighted by molar-refractivity contribution is 5.60. The van der Waals surface area contributed by atoms with E-state index in [9.17, 15) is 23.3 Å². The molecule has 106 valence electrons. The van der Waals surface area contributed by atoms with Gasteiger partial charge in [-0.3, -0.25) is 10.1 Å².